The second kappa shape index (κ2) is 8.39. The number of carbonyl (C=O) groups is 3. The molecule has 1 aliphatic carbocycles. The highest BCUT2D eigenvalue weighted by Gasteiger charge is 2.46. The van der Waals surface area contributed by atoms with Gasteiger partial charge in [-0.25, -0.2) is 0 Å². The van der Waals surface area contributed by atoms with Crippen LogP contribution >= 0.6 is 11.6 Å². The summed E-state index contributed by atoms with van der Waals surface area (Å²) in [5.74, 6) is -0.410. The second-order valence-electron chi connectivity index (χ2n) is 7.50. The van der Waals surface area contributed by atoms with Crippen molar-refractivity contribution >= 4 is 29.3 Å². The van der Waals surface area contributed by atoms with E-state index in [0.717, 1.165) is 5.56 Å². The quantitative estimate of drug-likeness (QED) is 0.518. The van der Waals surface area contributed by atoms with E-state index in [2.05, 4.69) is 10.1 Å². The molecular weight excluding hydrogens is 408 g/mol. The summed E-state index contributed by atoms with van der Waals surface area (Å²) in [7, 11) is 1.62. The molecule has 2 aromatic rings. The molecule has 2 atom stereocenters. The number of hydrogen-bond donors (Lipinski definition) is 0. The van der Waals surface area contributed by atoms with Crippen molar-refractivity contribution in [3.05, 3.63) is 47.3 Å². The number of halogens is 1. The van der Waals surface area contributed by atoms with Crippen LogP contribution in [0, 0.1) is 11.8 Å². The van der Waals surface area contributed by atoms with Gasteiger partial charge < -0.3 is 9.42 Å². The Bertz CT molecular complexity index is 975. The van der Waals surface area contributed by atoms with Gasteiger partial charge >= 0.3 is 0 Å². The van der Waals surface area contributed by atoms with E-state index in [1.165, 1.54) is 9.80 Å². The zero-order valence-corrected chi connectivity index (χ0v) is 17.2. The molecule has 4 rings (SSSR count). The van der Waals surface area contributed by atoms with Crippen LogP contribution < -0.4 is 0 Å². The van der Waals surface area contributed by atoms with E-state index in [4.69, 9.17) is 16.1 Å². The minimum absolute atomic E-state index is 0.0546. The third kappa shape index (κ3) is 4.00. The fourth-order valence-corrected chi connectivity index (χ4v) is 3.94. The molecule has 2 heterocycles. The monoisotopic (exact) mass is 428 g/mol. The first-order chi connectivity index (χ1) is 14.4. The Hall–Kier alpha value is -3.00. The number of benzene rings is 1. The second-order valence-corrected chi connectivity index (χ2v) is 7.94. The molecule has 1 aromatic heterocycles. The molecule has 0 saturated carbocycles. The average molecular weight is 429 g/mol. The summed E-state index contributed by atoms with van der Waals surface area (Å²) in [5, 5.41) is 4.54. The summed E-state index contributed by atoms with van der Waals surface area (Å²) in [4.78, 5) is 44.5. The van der Waals surface area contributed by atoms with Crippen LogP contribution in [0.4, 0.5) is 0 Å². The first-order valence-corrected chi connectivity index (χ1v) is 10.1. The fraction of sp³-hybridized carbons (Fsp3) is 0.381. The van der Waals surface area contributed by atoms with E-state index < -0.39 is 0 Å². The molecular formula is C21H21ClN4O4. The number of fused-ring (bicyclic) bond motifs is 1. The third-order valence-corrected chi connectivity index (χ3v) is 5.77. The van der Waals surface area contributed by atoms with Crippen LogP contribution in [-0.2, 0) is 20.9 Å². The molecule has 1 fully saturated rings. The Kier molecular flexibility index (Phi) is 5.67. The number of imide groups is 1. The van der Waals surface area contributed by atoms with E-state index in [1.807, 2.05) is 12.2 Å². The first kappa shape index (κ1) is 20.3. The Morgan fingerprint density at radius 1 is 1.17 bits per heavy atom. The lowest BCUT2D eigenvalue weighted by Crippen LogP contribution is -2.36. The van der Waals surface area contributed by atoms with Crippen molar-refractivity contribution in [3.8, 4) is 11.4 Å². The number of hydrogen-bond acceptors (Lipinski definition) is 6. The molecule has 3 amide bonds. The lowest BCUT2D eigenvalue weighted by molar-refractivity contribution is -0.140. The minimum Gasteiger partial charge on any atom is -0.337 e. The number of nitrogens with zero attached hydrogens (tertiary/aromatic N) is 4. The van der Waals surface area contributed by atoms with Gasteiger partial charge in [-0.1, -0.05) is 28.9 Å². The van der Waals surface area contributed by atoms with Gasteiger partial charge in [0.2, 0.25) is 29.4 Å². The van der Waals surface area contributed by atoms with Crippen LogP contribution in [0.1, 0.15) is 25.2 Å². The Labute approximate surface area is 178 Å². The molecule has 0 N–H and O–H groups in total. The molecule has 9 heteroatoms. The van der Waals surface area contributed by atoms with E-state index in [-0.39, 0.29) is 49.1 Å². The van der Waals surface area contributed by atoms with Crippen LogP contribution in [0.3, 0.4) is 0 Å². The summed E-state index contributed by atoms with van der Waals surface area (Å²) < 4.78 is 5.23. The van der Waals surface area contributed by atoms with Crippen LogP contribution in [0.15, 0.2) is 40.9 Å². The van der Waals surface area contributed by atoms with Crippen molar-refractivity contribution in [1.29, 1.82) is 0 Å². The molecule has 0 bridgehead atoms. The maximum atomic E-state index is 12.5. The lowest BCUT2D eigenvalue weighted by Gasteiger charge is -2.18. The van der Waals surface area contributed by atoms with Crippen molar-refractivity contribution in [2.75, 3.05) is 13.6 Å². The zero-order valence-electron chi connectivity index (χ0n) is 16.5. The molecule has 156 valence electrons. The Balaban J connectivity index is 1.32. The maximum Gasteiger partial charge on any atom is 0.246 e. The van der Waals surface area contributed by atoms with Crippen molar-refractivity contribution < 1.29 is 18.9 Å². The summed E-state index contributed by atoms with van der Waals surface area (Å²) in [6.45, 7) is 0.226. The number of amides is 3. The van der Waals surface area contributed by atoms with Gasteiger partial charge in [0, 0.05) is 30.6 Å². The summed E-state index contributed by atoms with van der Waals surface area (Å²) >= 11 is 5.88. The third-order valence-electron chi connectivity index (χ3n) is 5.52. The average Bonchev–Trinajstić information content (AvgIpc) is 3.30. The highest BCUT2D eigenvalue weighted by Crippen LogP contribution is 2.35. The maximum absolute atomic E-state index is 12.5. The van der Waals surface area contributed by atoms with Gasteiger partial charge in [-0.3, -0.25) is 19.3 Å². The van der Waals surface area contributed by atoms with Crippen molar-refractivity contribution in [3.63, 3.8) is 0 Å². The SMILES string of the molecule is CN(Cc1nc(-c2ccc(Cl)cc2)no1)C(=O)CCN1C(=O)C2CC=CCC2C1=O. The van der Waals surface area contributed by atoms with Gasteiger partial charge in [-0.15, -0.1) is 0 Å². The molecule has 1 saturated heterocycles. The number of aromatic nitrogens is 2. The van der Waals surface area contributed by atoms with E-state index in [9.17, 15) is 14.4 Å². The number of carbonyl (C=O) groups excluding carboxylic acids is 3. The molecule has 0 radical (unpaired) electrons. The van der Waals surface area contributed by atoms with Crippen molar-refractivity contribution in [2.45, 2.75) is 25.8 Å². The standard InChI is InChI=1S/C21H21ClN4O4/c1-25(12-17-23-19(24-30-17)13-6-8-14(22)9-7-13)18(27)10-11-26-20(28)15-4-2-3-5-16(15)21(26)29/h2-3,6-9,15-16H,4-5,10-12H2,1H3. The van der Waals surface area contributed by atoms with Crippen LogP contribution in [0.2, 0.25) is 5.02 Å². The van der Waals surface area contributed by atoms with Gasteiger partial charge in [0.1, 0.15) is 0 Å². The molecule has 8 nitrogen and oxygen atoms in total. The smallest absolute Gasteiger partial charge is 0.246 e. The van der Waals surface area contributed by atoms with Gasteiger partial charge in [-0.05, 0) is 37.1 Å². The number of allylic oxidation sites excluding steroid dienone is 2. The predicted octanol–water partition coefficient (Wildman–Crippen LogP) is 2.69. The Morgan fingerprint density at radius 2 is 1.80 bits per heavy atom. The minimum atomic E-state index is -0.278. The molecule has 0 spiro atoms. The molecule has 2 aliphatic rings. The number of likely N-dealkylation sites (tertiary alicyclic amines) is 1. The lowest BCUT2D eigenvalue weighted by atomic mass is 9.85. The van der Waals surface area contributed by atoms with Crippen molar-refractivity contribution in [2.24, 2.45) is 11.8 Å². The first-order valence-electron chi connectivity index (χ1n) is 9.76. The Morgan fingerprint density at radius 3 is 2.43 bits per heavy atom. The summed E-state index contributed by atoms with van der Waals surface area (Å²) in [6.07, 6.45) is 5.12. The van der Waals surface area contributed by atoms with E-state index in [1.54, 1.807) is 31.3 Å². The molecule has 1 aromatic carbocycles. The van der Waals surface area contributed by atoms with Gasteiger partial charge in [0.05, 0.1) is 18.4 Å². The summed E-state index contributed by atoms with van der Waals surface area (Å²) in [5.41, 5.74) is 0.755. The number of rotatable bonds is 6. The largest absolute Gasteiger partial charge is 0.337 e. The van der Waals surface area contributed by atoms with Crippen LogP contribution in [0.5, 0.6) is 0 Å². The van der Waals surface area contributed by atoms with Gasteiger partial charge in [0.25, 0.3) is 0 Å². The molecule has 30 heavy (non-hydrogen) atoms. The van der Waals surface area contributed by atoms with Crippen LogP contribution in [0.25, 0.3) is 11.4 Å². The zero-order chi connectivity index (χ0) is 21.3. The fourth-order valence-electron chi connectivity index (χ4n) is 3.81. The molecule has 2 unspecified atom stereocenters. The van der Waals surface area contributed by atoms with Gasteiger partial charge in [0.15, 0.2) is 0 Å². The van der Waals surface area contributed by atoms with Crippen molar-refractivity contribution in [1.82, 2.24) is 19.9 Å². The normalized spacial score (nSPS) is 20.5. The molecule has 1 aliphatic heterocycles. The highest BCUT2D eigenvalue weighted by molar-refractivity contribution is 6.30. The highest BCUT2D eigenvalue weighted by atomic mass is 35.5. The topological polar surface area (TPSA) is 96.6 Å². The van der Waals surface area contributed by atoms with E-state index >= 15 is 0 Å². The summed E-state index contributed by atoms with van der Waals surface area (Å²) in [6, 6.07) is 7.03. The van der Waals surface area contributed by atoms with Gasteiger partial charge in [-0.2, -0.15) is 4.98 Å². The van der Waals surface area contributed by atoms with E-state index in [0.29, 0.717) is 29.6 Å². The van der Waals surface area contributed by atoms with Crippen LogP contribution in [-0.4, -0.2) is 51.3 Å². The predicted molar refractivity (Wildman–Crippen MR) is 108 cm³/mol.